The van der Waals surface area contributed by atoms with Gasteiger partial charge in [-0.3, -0.25) is 0 Å². The van der Waals surface area contributed by atoms with Crippen molar-refractivity contribution in [2.75, 3.05) is 20.0 Å². The molecular formula is C17H25BrO5Si. The highest BCUT2D eigenvalue weighted by atomic mass is 79.9. The van der Waals surface area contributed by atoms with Crippen molar-refractivity contribution in [3.63, 3.8) is 0 Å². The van der Waals surface area contributed by atoms with Gasteiger partial charge in [0.2, 0.25) is 6.79 Å². The number of rotatable bonds is 5. The number of ether oxygens (including phenoxy) is 3. The maximum atomic E-state index is 9.91. The second-order valence-corrected chi connectivity index (χ2v) is 13.6. The highest BCUT2D eigenvalue weighted by molar-refractivity contribution is 9.10. The fraction of sp³-hybridized carbons (Fsp3) is 0.647. The van der Waals surface area contributed by atoms with E-state index >= 15 is 0 Å². The standard InChI is InChI=1S/C17H25BrO5Si/c1-16(2,3)24(4,5)23-15(17(8-19)9-22-17)11-6-13-14(7-12(11)18)21-10-20-13/h6-7,15,19H,8-10H2,1-5H3/t15-,17-/m1/s1. The smallest absolute Gasteiger partial charge is 0.231 e. The van der Waals surface area contributed by atoms with Gasteiger partial charge in [-0.05, 0) is 30.3 Å². The Kier molecular flexibility index (Phi) is 4.54. The number of halogens is 1. The lowest BCUT2D eigenvalue weighted by Crippen LogP contribution is -2.45. The summed E-state index contributed by atoms with van der Waals surface area (Å²) in [6.07, 6.45) is -0.354. The lowest BCUT2D eigenvalue weighted by atomic mass is 9.96. The zero-order valence-corrected chi connectivity index (χ0v) is 17.4. The lowest BCUT2D eigenvalue weighted by Gasteiger charge is -2.41. The number of hydrogen-bond acceptors (Lipinski definition) is 5. The van der Waals surface area contributed by atoms with Gasteiger partial charge in [-0.15, -0.1) is 0 Å². The number of fused-ring (bicyclic) bond motifs is 1. The van der Waals surface area contributed by atoms with Crippen LogP contribution in [0.25, 0.3) is 0 Å². The summed E-state index contributed by atoms with van der Waals surface area (Å²) in [5.41, 5.74) is 0.252. The van der Waals surface area contributed by atoms with Gasteiger partial charge in [0.15, 0.2) is 19.8 Å². The average Bonchev–Trinajstić information content (AvgIpc) is 3.15. The number of epoxide rings is 1. The number of hydrogen-bond donors (Lipinski definition) is 1. The highest BCUT2D eigenvalue weighted by Crippen LogP contribution is 2.51. The zero-order chi connectivity index (χ0) is 17.8. The second-order valence-electron chi connectivity index (χ2n) is 8.00. The largest absolute Gasteiger partial charge is 0.454 e. The Morgan fingerprint density at radius 2 is 1.88 bits per heavy atom. The minimum atomic E-state index is -2.07. The van der Waals surface area contributed by atoms with Gasteiger partial charge in [0.05, 0.1) is 13.2 Å². The first-order valence-electron chi connectivity index (χ1n) is 8.11. The van der Waals surface area contributed by atoms with Crippen LogP contribution in [-0.2, 0) is 9.16 Å². The van der Waals surface area contributed by atoms with E-state index in [0.29, 0.717) is 18.1 Å². The van der Waals surface area contributed by atoms with Crippen molar-refractivity contribution in [2.24, 2.45) is 0 Å². The molecule has 7 heteroatoms. The predicted molar refractivity (Wildman–Crippen MR) is 97.1 cm³/mol. The molecule has 1 fully saturated rings. The van der Waals surface area contributed by atoms with E-state index in [0.717, 1.165) is 10.0 Å². The van der Waals surface area contributed by atoms with Crippen LogP contribution in [0.2, 0.25) is 18.1 Å². The summed E-state index contributed by atoms with van der Waals surface area (Å²) >= 11 is 3.62. The molecule has 0 unspecified atom stereocenters. The molecule has 3 rings (SSSR count). The van der Waals surface area contributed by atoms with Crippen molar-refractivity contribution < 1.29 is 23.7 Å². The minimum Gasteiger partial charge on any atom is -0.454 e. The van der Waals surface area contributed by atoms with Gasteiger partial charge in [0.25, 0.3) is 0 Å². The quantitative estimate of drug-likeness (QED) is 0.580. The lowest BCUT2D eigenvalue weighted by molar-refractivity contribution is 0.0429. The molecule has 0 bridgehead atoms. The first-order chi connectivity index (χ1) is 11.1. The predicted octanol–water partition coefficient (Wildman–Crippen LogP) is 4.00. The topological polar surface area (TPSA) is 60.5 Å². The van der Waals surface area contributed by atoms with Crippen LogP contribution in [0.1, 0.15) is 32.4 Å². The van der Waals surface area contributed by atoms with Crippen LogP contribution in [0.5, 0.6) is 11.5 Å². The number of aliphatic hydroxyl groups excluding tert-OH is 1. The van der Waals surface area contributed by atoms with Crippen LogP contribution < -0.4 is 9.47 Å². The highest BCUT2D eigenvalue weighted by Gasteiger charge is 2.56. The Balaban J connectivity index is 2.01. The molecule has 2 aliphatic rings. The third-order valence-corrected chi connectivity index (χ3v) is 10.4. The fourth-order valence-corrected chi connectivity index (χ4v) is 4.29. The zero-order valence-electron chi connectivity index (χ0n) is 14.8. The van der Waals surface area contributed by atoms with Crippen molar-refractivity contribution in [1.29, 1.82) is 0 Å². The van der Waals surface area contributed by atoms with Crippen LogP contribution in [0.15, 0.2) is 16.6 Å². The average molecular weight is 417 g/mol. The molecule has 134 valence electrons. The van der Waals surface area contributed by atoms with Crippen molar-refractivity contribution in [1.82, 2.24) is 0 Å². The summed E-state index contributed by atoms with van der Waals surface area (Å²) in [7, 11) is -2.07. The summed E-state index contributed by atoms with van der Waals surface area (Å²) in [5.74, 6) is 1.41. The monoisotopic (exact) mass is 416 g/mol. The molecule has 0 radical (unpaired) electrons. The summed E-state index contributed by atoms with van der Waals surface area (Å²) in [6.45, 7) is 11.6. The van der Waals surface area contributed by atoms with Gasteiger partial charge in [-0.1, -0.05) is 36.7 Å². The van der Waals surface area contributed by atoms with Gasteiger partial charge in [0.1, 0.15) is 11.7 Å². The Morgan fingerprint density at radius 3 is 2.38 bits per heavy atom. The molecule has 2 aliphatic heterocycles. The van der Waals surface area contributed by atoms with E-state index in [2.05, 4.69) is 49.8 Å². The van der Waals surface area contributed by atoms with E-state index < -0.39 is 13.9 Å². The first kappa shape index (κ1) is 18.2. The molecule has 0 saturated carbocycles. The van der Waals surface area contributed by atoms with Gasteiger partial charge >= 0.3 is 0 Å². The molecule has 0 aromatic heterocycles. The summed E-state index contributed by atoms with van der Waals surface area (Å²) in [6, 6.07) is 3.83. The van der Waals surface area contributed by atoms with E-state index in [1.165, 1.54) is 0 Å². The van der Waals surface area contributed by atoms with Crippen LogP contribution in [0.3, 0.4) is 0 Å². The Labute approximate surface area is 152 Å². The van der Waals surface area contributed by atoms with Crippen LogP contribution >= 0.6 is 15.9 Å². The molecule has 1 N–H and O–H groups in total. The van der Waals surface area contributed by atoms with E-state index in [4.69, 9.17) is 18.6 Å². The summed E-state index contributed by atoms with van der Waals surface area (Å²) in [4.78, 5) is 0. The van der Waals surface area contributed by atoms with Crippen molar-refractivity contribution in [3.05, 3.63) is 22.2 Å². The van der Waals surface area contributed by atoms with Crippen LogP contribution in [0, 0.1) is 0 Å². The molecule has 2 atom stereocenters. The summed E-state index contributed by atoms with van der Waals surface area (Å²) < 4.78 is 24.1. The van der Waals surface area contributed by atoms with Gasteiger partial charge in [-0.2, -0.15) is 0 Å². The third-order valence-electron chi connectivity index (χ3n) is 5.25. The normalized spacial score (nSPS) is 24.1. The minimum absolute atomic E-state index is 0.0552. The van der Waals surface area contributed by atoms with E-state index in [1.807, 2.05) is 12.1 Å². The molecule has 1 aromatic rings. The van der Waals surface area contributed by atoms with Crippen LogP contribution in [0.4, 0.5) is 0 Å². The third kappa shape index (κ3) is 3.12. The number of benzene rings is 1. The molecule has 5 nitrogen and oxygen atoms in total. The number of aliphatic hydroxyl groups is 1. The van der Waals surface area contributed by atoms with E-state index in [9.17, 15) is 5.11 Å². The maximum absolute atomic E-state index is 9.91. The van der Waals surface area contributed by atoms with Crippen LogP contribution in [-0.4, -0.2) is 39.0 Å². The maximum Gasteiger partial charge on any atom is 0.231 e. The first-order valence-corrected chi connectivity index (χ1v) is 11.8. The SMILES string of the molecule is CC(C)(C)[Si](C)(C)O[C@H](c1cc2c(cc1Br)OCO2)[C@@]1(CO)CO1. The molecular weight excluding hydrogens is 392 g/mol. The van der Waals surface area contributed by atoms with Gasteiger partial charge < -0.3 is 23.7 Å². The van der Waals surface area contributed by atoms with E-state index in [-0.39, 0.29) is 24.5 Å². The fourth-order valence-electron chi connectivity index (χ4n) is 2.48. The Hall–Kier alpha value is -0.603. The van der Waals surface area contributed by atoms with Crippen molar-refractivity contribution in [2.45, 2.75) is 50.6 Å². The Morgan fingerprint density at radius 1 is 1.29 bits per heavy atom. The Bertz CT molecular complexity index is 637. The second kappa shape index (κ2) is 5.98. The molecule has 0 amide bonds. The molecule has 24 heavy (non-hydrogen) atoms. The molecule has 0 aliphatic carbocycles. The van der Waals surface area contributed by atoms with Gasteiger partial charge in [0, 0.05) is 10.0 Å². The van der Waals surface area contributed by atoms with Gasteiger partial charge in [-0.25, -0.2) is 0 Å². The van der Waals surface area contributed by atoms with Crippen molar-refractivity contribution >= 4 is 24.2 Å². The van der Waals surface area contributed by atoms with E-state index in [1.54, 1.807) is 0 Å². The molecule has 0 spiro atoms. The van der Waals surface area contributed by atoms with Crippen molar-refractivity contribution in [3.8, 4) is 11.5 Å². The molecule has 2 heterocycles. The summed E-state index contributed by atoms with van der Waals surface area (Å²) in [5, 5.41) is 9.97. The molecule has 1 saturated heterocycles. The molecule has 1 aromatic carbocycles.